The Morgan fingerprint density at radius 3 is 2.45 bits per heavy atom. The molecule has 1 amide bonds. The Hall–Kier alpha value is -2.18. The van der Waals surface area contributed by atoms with Gasteiger partial charge in [0.2, 0.25) is 0 Å². The minimum Gasteiger partial charge on any atom is -0.445 e. The Labute approximate surface area is 174 Å². The van der Waals surface area contributed by atoms with Gasteiger partial charge in [-0.3, -0.25) is 5.32 Å². The molecule has 2 saturated heterocycles. The van der Waals surface area contributed by atoms with E-state index in [0.29, 0.717) is 17.6 Å². The lowest BCUT2D eigenvalue weighted by molar-refractivity contribution is -0.931. The number of nitrogens with zero attached hydrogens (tertiary/aromatic N) is 1. The SMILES string of the molecule is C[N+]1(C)[C@@H]2CC[C@H]1CC(OC(=O)Nc1cccc(F)c1-c1ccc(F)c(Cl)c1)C2. The molecular weight excluding hydrogens is 398 g/mol. The van der Waals surface area contributed by atoms with Crippen LogP contribution in [0.15, 0.2) is 36.4 Å². The Bertz CT molecular complexity index is 934. The summed E-state index contributed by atoms with van der Waals surface area (Å²) in [5.74, 6) is -1.13. The van der Waals surface area contributed by atoms with Crippen molar-refractivity contribution in [1.29, 1.82) is 0 Å². The van der Waals surface area contributed by atoms with Crippen molar-refractivity contribution < 1.29 is 22.8 Å². The highest BCUT2D eigenvalue weighted by Crippen LogP contribution is 2.40. The van der Waals surface area contributed by atoms with Crippen LogP contribution in [0.2, 0.25) is 5.02 Å². The van der Waals surface area contributed by atoms with Crippen molar-refractivity contribution in [2.24, 2.45) is 0 Å². The first kappa shape index (κ1) is 20.1. The summed E-state index contributed by atoms with van der Waals surface area (Å²) in [6.07, 6.45) is 3.22. The number of carbonyl (C=O) groups excluding carboxylic acids is 1. The molecule has 4 rings (SSSR count). The van der Waals surface area contributed by atoms with Crippen molar-refractivity contribution in [3.63, 3.8) is 0 Å². The van der Waals surface area contributed by atoms with E-state index in [-0.39, 0.29) is 22.4 Å². The number of hydrogen-bond donors (Lipinski definition) is 1. The first-order valence-electron chi connectivity index (χ1n) is 9.80. The molecular formula is C22H24ClF2N2O2+. The van der Waals surface area contributed by atoms with Crippen molar-refractivity contribution in [2.45, 2.75) is 43.9 Å². The van der Waals surface area contributed by atoms with E-state index in [9.17, 15) is 13.6 Å². The van der Waals surface area contributed by atoms with Crippen LogP contribution in [0.4, 0.5) is 19.3 Å². The monoisotopic (exact) mass is 421 g/mol. The molecule has 1 unspecified atom stereocenters. The zero-order chi connectivity index (χ0) is 20.8. The number of anilines is 1. The van der Waals surface area contributed by atoms with Crippen molar-refractivity contribution >= 4 is 23.4 Å². The molecule has 1 N–H and O–H groups in total. The average Bonchev–Trinajstić information content (AvgIpc) is 2.82. The van der Waals surface area contributed by atoms with E-state index in [4.69, 9.17) is 16.3 Å². The summed E-state index contributed by atoms with van der Waals surface area (Å²) >= 11 is 5.85. The van der Waals surface area contributed by atoms with Crippen LogP contribution >= 0.6 is 11.6 Å². The first-order chi connectivity index (χ1) is 13.8. The van der Waals surface area contributed by atoms with Gasteiger partial charge in [-0.1, -0.05) is 23.7 Å². The van der Waals surface area contributed by atoms with E-state index in [0.717, 1.165) is 30.2 Å². The number of rotatable bonds is 3. The molecule has 0 saturated carbocycles. The Morgan fingerprint density at radius 2 is 1.79 bits per heavy atom. The van der Waals surface area contributed by atoms with Crippen LogP contribution < -0.4 is 5.32 Å². The molecule has 154 valence electrons. The van der Waals surface area contributed by atoms with Gasteiger partial charge in [0, 0.05) is 31.2 Å². The molecule has 2 aliphatic heterocycles. The number of piperidine rings is 1. The third-order valence-electron chi connectivity index (χ3n) is 6.52. The zero-order valence-electron chi connectivity index (χ0n) is 16.4. The quantitative estimate of drug-likeness (QED) is 0.655. The van der Waals surface area contributed by atoms with E-state index in [2.05, 4.69) is 19.4 Å². The van der Waals surface area contributed by atoms with Gasteiger partial charge in [0.15, 0.2) is 0 Å². The predicted molar refractivity (Wildman–Crippen MR) is 109 cm³/mol. The summed E-state index contributed by atoms with van der Waals surface area (Å²) in [5, 5.41) is 2.55. The molecule has 2 bridgehead atoms. The van der Waals surface area contributed by atoms with Crippen molar-refractivity contribution in [3.05, 3.63) is 53.1 Å². The maximum atomic E-state index is 14.5. The fourth-order valence-electron chi connectivity index (χ4n) is 4.79. The highest BCUT2D eigenvalue weighted by atomic mass is 35.5. The Balaban J connectivity index is 1.51. The first-order valence-corrected chi connectivity index (χ1v) is 10.2. The standard InChI is InChI=1S/C22H23ClF2N2O2/c1-27(2)14-7-8-15(27)12-16(11-14)29-22(28)26-20-5-3-4-19(25)21(20)13-6-9-18(24)17(23)10-13/h3-6,9-10,14-16H,7-8,11-12H2,1-2H3/p+1/t14-,15+,16?. The second-order valence-corrected chi connectivity index (χ2v) is 8.84. The molecule has 2 heterocycles. The van der Waals surface area contributed by atoms with E-state index < -0.39 is 17.7 Å². The van der Waals surface area contributed by atoms with Gasteiger partial charge in [-0.05, 0) is 29.8 Å². The molecule has 4 nitrogen and oxygen atoms in total. The lowest BCUT2D eigenvalue weighted by Crippen LogP contribution is -2.56. The molecule has 0 aliphatic carbocycles. The van der Waals surface area contributed by atoms with Gasteiger partial charge in [-0.25, -0.2) is 13.6 Å². The summed E-state index contributed by atoms with van der Waals surface area (Å²) in [7, 11) is 4.48. The second-order valence-electron chi connectivity index (χ2n) is 8.43. The van der Waals surface area contributed by atoms with Crippen LogP contribution in [0.3, 0.4) is 0 Å². The van der Waals surface area contributed by atoms with Gasteiger partial charge < -0.3 is 9.22 Å². The van der Waals surface area contributed by atoms with Crippen molar-refractivity contribution in [1.82, 2.24) is 0 Å². The molecule has 2 fully saturated rings. The van der Waals surface area contributed by atoms with E-state index >= 15 is 0 Å². The van der Waals surface area contributed by atoms with Gasteiger partial charge in [-0.15, -0.1) is 0 Å². The predicted octanol–water partition coefficient (Wildman–Crippen LogP) is 5.60. The number of carbonyl (C=O) groups is 1. The number of amides is 1. The number of ether oxygens (including phenoxy) is 1. The van der Waals surface area contributed by atoms with Gasteiger partial charge in [0.25, 0.3) is 0 Å². The molecule has 0 aromatic heterocycles. The molecule has 3 atom stereocenters. The normalized spacial score (nSPS) is 24.9. The fraction of sp³-hybridized carbons (Fsp3) is 0.409. The lowest BCUT2D eigenvalue weighted by Gasteiger charge is -2.43. The van der Waals surface area contributed by atoms with Gasteiger partial charge in [0.05, 0.1) is 36.9 Å². The maximum absolute atomic E-state index is 14.5. The van der Waals surface area contributed by atoms with Crippen LogP contribution in [0, 0.1) is 11.6 Å². The molecule has 2 aromatic rings. The minimum atomic E-state index is -0.610. The number of benzene rings is 2. The van der Waals surface area contributed by atoms with Crippen molar-refractivity contribution in [3.8, 4) is 11.1 Å². The highest BCUT2D eigenvalue weighted by Gasteiger charge is 2.49. The third-order valence-corrected chi connectivity index (χ3v) is 6.81. The summed E-state index contributed by atoms with van der Waals surface area (Å²) in [5.41, 5.74) is 0.778. The Kier molecular flexibility index (Phi) is 5.25. The zero-order valence-corrected chi connectivity index (χ0v) is 17.2. The summed E-state index contributed by atoms with van der Waals surface area (Å²) in [6.45, 7) is 0. The molecule has 0 radical (unpaired) electrons. The molecule has 7 heteroatoms. The second kappa shape index (κ2) is 7.58. The number of quaternary nitrogens is 1. The van der Waals surface area contributed by atoms with E-state index in [1.807, 2.05) is 0 Å². The summed E-state index contributed by atoms with van der Waals surface area (Å²) < 4.78 is 34.7. The number of fused-ring (bicyclic) bond motifs is 2. The smallest absolute Gasteiger partial charge is 0.411 e. The van der Waals surface area contributed by atoms with E-state index in [1.54, 1.807) is 6.07 Å². The topological polar surface area (TPSA) is 38.3 Å². The molecule has 2 aromatic carbocycles. The minimum absolute atomic E-state index is 0.113. The number of hydrogen-bond acceptors (Lipinski definition) is 2. The largest absolute Gasteiger partial charge is 0.445 e. The van der Waals surface area contributed by atoms with Gasteiger partial charge in [0.1, 0.15) is 17.7 Å². The Morgan fingerprint density at radius 1 is 1.10 bits per heavy atom. The van der Waals surface area contributed by atoms with Gasteiger partial charge in [-0.2, -0.15) is 0 Å². The molecule has 2 aliphatic rings. The van der Waals surface area contributed by atoms with Crippen molar-refractivity contribution in [2.75, 3.05) is 19.4 Å². The molecule has 29 heavy (non-hydrogen) atoms. The van der Waals surface area contributed by atoms with Crippen LogP contribution in [0.5, 0.6) is 0 Å². The van der Waals surface area contributed by atoms with Crippen LogP contribution in [-0.4, -0.2) is 42.9 Å². The number of nitrogens with one attached hydrogen (secondary N) is 1. The van der Waals surface area contributed by atoms with Crippen LogP contribution in [-0.2, 0) is 4.74 Å². The average molecular weight is 422 g/mol. The maximum Gasteiger partial charge on any atom is 0.411 e. The van der Waals surface area contributed by atoms with Crippen LogP contribution in [0.1, 0.15) is 25.7 Å². The number of halogens is 3. The summed E-state index contributed by atoms with van der Waals surface area (Å²) in [4.78, 5) is 12.5. The summed E-state index contributed by atoms with van der Waals surface area (Å²) in [6, 6.07) is 9.29. The third kappa shape index (κ3) is 3.83. The highest BCUT2D eigenvalue weighted by molar-refractivity contribution is 6.31. The van der Waals surface area contributed by atoms with Crippen LogP contribution in [0.25, 0.3) is 11.1 Å². The molecule has 0 spiro atoms. The van der Waals surface area contributed by atoms with Gasteiger partial charge >= 0.3 is 6.09 Å². The lowest BCUT2D eigenvalue weighted by atomic mass is 9.98. The fourth-order valence-corrected chi connectivity index (χ4v) is 4.97. The van der Waals surface area contributed by atoms with E-state index in [1.165, 1.54) is 30.3 Å².